The van der Waals surface area contributed by atoms with Gasteiger partial charge in [-0.15, -0.1) is 0 Å². The van der Waals surface area contributed by atoms with E-state index in [1.54, 1.807) is 9.58 Å². The lowest BCUT2D eigenvalue weighted by atomic mass is 10.0. The Hall–Kier alpha value is -3.16. The maximum absolute atomic E-state index is 12.8. The molecule has 1 atom stereocenters. The maximum atomic E-state index is 12.8. The molecule has 146 valence electrons. The molecular weight excluding hydrogens is 358 g/mol. The van der Waals surface area contributed by atoms with Gasteiger partial charge in [0.05, 0.1) is 5.69 Å². The van der Waals surface area contributed by atoms with Crippen LogP contribution < -0.4 is 4.74 Å². The topological polar surface area (TPSA) is 86.3 Å². The fraction of sp³-hybridized carbons (Fsp3) is 0.400. The van der Waals surface area contributed by atoms with Crippen molar-refractivity contribution in [2.45, 2.75) is 32.2 Å². The van der Waals surface area contributed by atoms with Crippen LogP contribution in [0, 0.1) is 6.92 Å². The number of hydrogen-bond donors (Lipinski definition) is 0. The Bertz CT molecular complexity index is 950. The molecule has 1 saturated heterocycles. The molecule has 28 heavy (non-hydrogen) atoms. The number of aryl methyl sites for hydroxylation is 2. The Labute approximate surface area is 163 Å². The van der Waals surface area contributed by atoms with Crippen molar-refractivity contribution >= 4 is 5.91 Å². The van der Waals surface area contributed by atoms with Crippen molar-refractivity contribution < 1.29 is 14.1 Å². The van der Waals surface area contributed by atoms with Crippen LogP contribution in [-0.4, -0.2) is 43.9 Å². The second kappa shape index (κ2) is 7.84. The van der Waals surface area contributed by atoms with E-state index in [1.165, 1.54) is 0 Å². The van der Waals surface area contributed by atoms with E-state index in [0.29, 0.717) is 24.0 Å². The predicted molar refractivity (Wildman–Crippen MR) is 101 cm³/mol. The summed E-state index contributed by atoms with van der Waals surface area (Å²) in [6.45, 7) is 2.56. The van der Waals surface area contributed by atoms with E-state index < -0.39 is 0 Å². The number of aromatic nitrogens is 4. The second-order valence-corrected chi connectivity index (χ2v) is 6.95. The first kappa shape index (κ1) is 18.2. The minimum absolute atomic E-state index is 0.0115. The Kier molecular flexibility index (Phi) is 5.10. The molecule has 0 N–H and O–H groups in total. The van der Waals surface area contributed by atoms with E-state index in [0.717, 1.165) is 30.7 Å². The summed E-state index contributed by atoms with van der Waals surface area (Å²) in [7, 11) is 1.84. The van der Waals surface area contributed by atoms with Crippen molar-refractivity contribution in [3.05, 3.63) is 48.0 Å². The molecule has 1 unspecified atom stereocenters. The highest BCUT2D eigenvalue weighted by molar-refractivity contribution is 5.78. The molecule has 0 aliphatic carbocycles. The minimum Gasteiger partial charge on any atom is -0.484 e. The number of nitrogens with zero attached hydrogens (tertiary/aromatic N) is 5. The monoisotopic (exact) mass is 381 g/mol. The molecular formula is C20H23N5O3. The molecule has 1 aromatic carbocycles. The fourth-order valence-electron chi connectivity index (χ4n) is 3.53. The van der Waals surface area contributed by atoms with Crippen molar-refractivity contribution in [1.29, 1.82) is 0 Å². The molecule has 4 rings (SSSR count). The molecule has 0 saturated carbocycles. The number of piperidine rings is 1. The van der Waals surface area contributed by atoms with Crippen molar-refractivity contribution in [2.24, 2.45) is 7.05 Å². The van der Waals surface area contributed by atoms with Crippen LogP contribution in [0.2, 0.25) is 0 Å². The number of ether oxygens (including phenoxy) is 1. The van der Waals surface area contributed by atoms with Gasteiger partial charge in [-0.1, -0.05) is 23.4 Å². The molecule has 0 radical (unpaired) electrons. The SMILES string of the molecule is Cc1cc(-c2noc(C3CCCCN3C(=O)COc3ccccc3)n2)n(C)n1. The van der Waals surface area contributed by atoms with Gasteiger partial charge in [-0.25, -0.2) is 0 Å². The Balaban J connectivity index is 1.49. The molecule has 3 aromatic rings. The van der Waals surface area contributed by atoms with E-state index in [-0.39, 0.29) is 18.6 Å². The number of para-hydroxylation sites is 1. The summed E-state index contributed by atoms with van der Waals surface area (Å²) in [5.74, 6) is 1.54. The van der Waals surface area contributed by atoms with E-state index in [4.69, 9.17) is 9.26 Å². The van der Waals surface area contributed by atoms with E-state index in [2.05, 4.69) is 15.2 Å². The maximum Gasteiger partial charge on any atom is 0.261 e. The first-order valence-corrected chi connectivity index (χ1v) is 9.44. The van der Waals surface area contributed by atoms with E-state index >= 15 is 0 Å². The van der Waals surface area contributed by atoms with Crippen LogP contribution >= 0.6 is 0 Å². The third kappa shape index (κ3) is 3.76. The average molecular weight is 381 g/mol. The number of amides is 1. The molecule has 8 heteroatoms. The summed E-state index contributed by atoms with van der Waals surface area (Å²) in [6, 6.07) is 11.0. The molecule has 1 aliphatic heterocycles. The molecule has 1 amide bonds. The summed E-state index contributed by atoms with van der Waals surface area (Å²) in [4.78, 5) is 19.1. The first-order chi connectivity index (χ1) is 13.6. The fourth-order valence-corrected chi connectivity index (χ4v) is 3.53. The molecule has 3 heterocycles. The van der Waals surface area contributed by atoms with Crippen molar-refractivity contribution in [3.63, 3.8) is 0 Å². The average Bonchev–Trinajstić information content (AvgIpc) is 3.33. The first-order valence-electron chi connectivity index (χ1n) is 9.44. The lowest BCUT2D eigenvalue weighted by molar-refractivity contribution is -0.138. The standard InChI is InChI=1S/C20H23N5O3/c1-14-12-17(24(2)22-14)19-21-20(28-23-19)16-10-6-7-11-25(16)18(26)13-27-15-8-4-3-5-9-15/h3-5,8-9,12,16H,6-7,10-11,13H2,1-2H3. The molecule has 2 aromatic heterocycles. The Morgan fingerprint density at radius 2 is 2.11 bits per heavy atom. The van der Waals surface area contributed by atoms with Crippen molar-refractivity contribution in [1.82, 2.24) is 24.8 Å². The molecule has 8 nitrogen and oxygen atoms in total. The Morgan fingerprint density at radius 1 is 1.29 bits per heavy atom. The molecule has 1 aliphatic rings. The molecule has 0 bridgehead atoms. The largest absolute Gasteiger partial charge is 0.484 e. The molecule has 0 spiro atoms. The van der Waals surface area contributed by atoms with Gasteiger partial charge in [0.1, 0.15) is 17.5 Å². The van der Waals surface area contributed by atoms with Gasteiger partial charge in [0.2, 0.25) is 11.7 Å². The normalized spacial score (nSPS) is 16.9. The number of likely N-dealkylation sites (tertiary alicyclic amines) is 1. The summed E-state index contributed by atoms with van der Waals surface area (Å²) < 4.78 is 12.9. The smallest absolute Gasteiger partial charge is 0.261 e. The van der Waals surface area contributed by atoms with Crippen LogP contribution in [-0.2, 0) is 11.8 Å². The third-order valence-electron chi connectivity index (χ3n) is 4.89. The van der Waals surface area contributed by atoms with Gasteiger partial charge in [0.25, 0.3) is 5.91 Å². The number of hydrogen-bond acceptors (Lipinski definition) is 6. The van der Waals surface area contributed by atoms with Crippen molar-refractivity contribution in [3.8, 4) is 17.3 Å². The van der Waals surface area contributed by atoms with Crippen LogP contribution in [0.1, 0.15) is 36.9 Å². The van der Waals surface area contributed by atoms with Crippen LogP contribution in [0.25, 0.3) is 11.5 Å². The van der Waals surface area contributed by atoms with Gasteiger partial charge in [-0.2, -0.15) is 10.1 Å². The highest BCUT2D eigenvalue weighted by Crippen LogP contribution is 2.31. The van der Waals surface area contributed by atoms with Crippen LogP contribution in [0.15, 0.2) is 40.9 Å². The van der Waals surface area contributed by atoms with Gasteiger partial charge in [0.15, 0.2) is 6.61 Å². The summed E-state index contributed by atoms with van der Waals surface area (Å²) in [5, 5.41) is 8.43. The minimum atomic E-state index is -0.226. The Morgan fingerprint density at radius 3 is 2.86 bits per heavy atom. The quantitative estimate of drug-likeness (QED) is 0.675. The lowest BCUT2D eigenvalue weighted by Crippen LogP contribution is -2.41. The van der Waals surface area contributed by atoms with Gasteiger partial charge < -0.3 is 14.2 Å². The molecule has 1 fully saturated rings. The van der Waals surface area contributed by atoms with Gasteiger partial charge in [-0.3, -0.25) is 9.48 Å². The number of carbonyl (C=O) groups excluding carboxylic acids is 1. The number of rotatable bonds is 5. The lowest BCUT2D eigenvalue weighted by Gasteiger charge is -2.33. The van der Waals surface area contributed by atoms with E-state index in [9.17, 15) is 4.79 Å². The number of benzene rings is 1. The number of carbonyl (C=O) groups is 1. The van der Waals surface area contributed by atoms with Crippen LogP contribution in [0.3, 0.4) is 0 Å². The summed E-state index contributed by atoms with van der Waals surface area (Å²) >= 11 is 0. The predicted octanol–water partition coefficient (Wildman–Crippen LogP) is 2.91. The van der Waals surface area contributed by atoms with Crippen LogP contribution in [0.4, 0.5) is 0 Å². The summed E-state index contributed by atoms with van der Waals surface area (Å²) in [5.41, 5.74) is 1.67. The zero-order valence-corrected chi connectivity index (χ0v) is 16.0. The second-order valence-electron chi connectivity index (χ2n) is 6.95. The van der Waals surface area contributed by atoms with Gasteiger partial charge in [0, 0.05) is 13.6 Å². The highest BCUT2D eigenvalue weighted by Gasteiger charge is 2.32. The van der Waals surface area contributed by atoms with Crippen LogP contribution in [0.5, 0.6) is 5.75 Å². The van der Waals surface area contributed by atoms with E-state index in [1.807, 2.05) is 50.4 Å². The highest BCUT2D eigenvalue weighted by atomic mass is 16.5. The zero-order valence-electron chi connectivity index (χ0n) is 16.0. The van der Waals surface area contributed by atoms with Gasteiger partial charge in [-0.05, 0) is 44.4 Å². The van der Waals surface area contributed by atoms with Gasteiger partial charge >= 0.3 is 0 Å². The summed E-state index contributed by atoms with van der Waals surface area (Å²) in [6.07, 6.45) is 2.76. The zero-order chi connectivity index (χ0) is 19.5. The van der Waals surface area contributed by atoms with Crippen molar-refractivity contribution in [2.75, 3.05) is 13.2 Å². The third-order valence-corrected chi connectivity index (χ3v) is 4.89.